The Balaban J connectivity index is 1.01. The fraction of sp³-hybridized carbons (Fsp3) is 0.0645. The molecule has 316 valence electrons. The van der Waals surface area contributed by atoms with Crippen LogP contribution in [0.1, 0.15) is 51.9 Å². The third-order valence-corrected chi connectivity index (χ3v) is 14.1. The van der Waals surface area contributed by atoms with Crippen LogP contribution in [0.25, 0.3) is 87.7 Å². The molecule has 10 aromatic carbocycles. The zero-order valence-corrected chi connectivity index (χ0v) is 36.4. The van der Waals surface area contributed by atoms with Crippen molar-refractivity contribution in [3.8, 4) is 22.3 Å². The lowest BCUT2D eigenvalue weighted by atomic mass is 9.84. The second-order valence-corrected chi connectivity index (χ2v) is 18.0. The van der Waals surface area contributed by atoms with Crippen LogP contribution in [0.2, 0.25) is 0 Å². The molecule has 5 nitrogen and oxygen atoms in total. The van der Waals surface area contributed by atoms with Gasteiger partial charge in [-0.05, 0) is 127 Å². The number of amidine groups is 2. The van der Waals surface area contributed by atoms with Gasteiger partial charge in [-0.2, -0.15) is 0 Å². The number of hydrogen-bond donors (Lipinski definition) is 1. The number of fused-ring (bicyclic) bond motifs is 11. The molecule has 67 heavy (non-hydrogen) atoms. The van der Waals surface area contributed by atoms with E-state index in [0.717, 1.165) is 101 Å². The molecule has 14 rings (SSSR count). The number of benzene rings is 10. The number of nitrogens with zero attached hydrogens (tertiary/aromatic N) is 2. The van der Waals surface area contributed by atoms with Crippen molar-refractivity contribution in [2.45, 2.75) is 24.9 Å². The van der Waals surface area contributed by atoms with E-state index in [2.05, 4.69) is 187 Å². The third-order valence-electron chi connectivity index (χ3n) is 14.1. The van der Waals surface area contributed by atoms with Crippen LogP contribution in [-0.2, 0) is 6.42 Å². The Labute approximate surface area is 386 Å². The minimum Gasteiger partial charge on any atom is -0.456 e. The number of furan rings is 2. The maximum atomic E-state index is 7.01. The Hall–Kier alpha value is -8.54. The molecule has 5 heteroatoms. The predicted molar refractivity (Wildman–Crippen MR) is 275 cm³/mol. The van der Waals surface area contributed by atoms with Crippen molar-refractivity contribution in [2.75, 3.05) is 0 Å². The van der Waals surface area contributed by atoms with E-state index >= 15 is 0 Å². The van der Waals surface area contributed by atoms with E-state index in [4.69, 9.17) is 18.8 Å². The molecule has 2 aromatic heterocycles. The van der Waals surface area contributed by atoms with Gasteiger partial charge in [0.1, 0.15) is 34.3 Å². The van der Waals surface area contributed by atoms with E-state index in [9.17, 15) is 0 Å². The highest BCUT2D eigenvalue weighted by Gasteiger charge is 2.30. The molecule has 1 N–H and O–H groups in total. The summed E-state index contributed by atoms with van der Waals surface area (Å²) >= 11 is 0. The van der Waals surface area contributed by atoms with E-state index in [1.165, 1.54) is 38.6 Å². The molecule has 0 saturated carbocycles. The first-order valence-electron chi connectivity index (χ1n) is 23.2. The molecular formula is C62H41N3O2. The average molecular weight is 860 g/mol. The molecule has 0 fully saturated rings. The van der Waals surface area contributed by atoms with Crippen LogP contribution < -0.4 is 5.32 Å². The summed E-state index contributed by atoms with van der Waals surface area (Å²) in [5.74, 6) is 1.47. The van der Waals surface area contributed by atoms with E-state index in [-0.39, 0.29) is 5.92 Å². The Morgan fingerprint density at radius 2 is 1.10 bits per heavy atom. The SMILES string of the molecule is c1ccc(-c2cccc(C3N=C(c4cccc5oc6ccccc6c45)N=C(c4cc(C5CCc6cc7ccccc7cc6-c6ccccc65)cc5oc6cc7ccccc7cc6c45)N3)c2)cc1. The summed E-state index contributed by atoms with van der Waals surface area (Å²) in [7, 11) is 0. The lowest BCUT2D eigenvalue weighted by Crippen LogP contribution is -2.34. The standard InChI is InChI=1S/C62H41N3O2/c1-2-14-37(15-3-1)38-20-12-21-44(31-38)60-63-61(50-25-13-27-55-58(50)49-24-10-11-26-54(49)66-55)65-62(64-60)53-34-45(36-57-59(53)52-33-41-18-6-7-19-42(41)35-56(52)67-57)46-29-28-43-30-39-16-4-5-17-40(39)32-51(43)48-23-9-8-22-47(46)48/h1-27,30-36,46,60H,28-29H2,(H,63,64,65). The number of rotatable bonds is 5. The Bertz CT molecular complexity index is 4040. The average Bonchev–Trinajstić information content (AvgIpc) is 3.90. The number of nitrogens with one attached hydrogen (secondary N) is 1. The van der Waals surface area contributed by atoms with Crippen molar-refractivity contribution >= 4 is 77.1 Å². The van der Waals surface area contributed by atoms with Crippen LogP contribution in [-0.4, -0.2) is 11.7 Å². The molecule has 1 aliphatic heterocycles. The van der Waals surface area contributed by atoms with Crippen molar-refractivity contribution in [1.29, 1.82) is 0 Å². The van der Waals surface area contributed by atoms with Gasteiger partial charge >= 0.3 is 0 Å². The Morgan fingerprint density at radius 1 is 0.433 bits per heavy atom. The molecule has 3 heterocycles. The highest BCUT2D eigenvalue weighted by atomic mass is 16.3. The van der Waals surface area contributed by atoms with Gasteiger partial charge in [0, 0.05) is 38.6 Å². The van der Waals surface area contributed by atoms with Gasteiger partial charge in [0.05, 0.1) is 0 Å². The highest BCUT2D eigenvalue weighted by molar-refractivity contribution is 6.26. The quantitative estimate of drug-likeness (QED) is 0.187. The maximum Gasteiger partial charge on any atom is 0.160 e. The van der Waals surface area contributed by atoms with E-state index in [1.807, 2.05) is 24.3 Å². The fourth-order valence-corrected chi connectivity index (χ4v) is 11.0. The summed E-state index contributed by atoms with van der Waals surface area (Å²) in [5.41, 5.74) is 15.0. The molecule has 2 aliphatic rings. The van der Waals surface area contributed by atoms with Gasteiger partial charge in [-0.15, -0.1) is 0 Å². The first kappa shape index (κ1) is 37.8. The third kappa shape index (κ3) is 6.23. The van der Waals surface area contributed by atoms with Gasteiger partial charge in [-0.1, -0.05) is 158 Å². The van der Waals surface area contributed by atoms with E-state index < -0.39 is 6.17 Å². The van der Waals surface area contributed by atoms with E-state index in [0.29, 0.717) is 5.84 Å². The van der Waals surface area contributed by atoms with Crippen LogP contribution in [0.4, 0.5) is 0 Å². The van der Waals surface area contributed by atoms with Gasteiger partial charge in [0.15, 0.2) is 5.84 Å². The molecule has 12 aromatic rings. The maximum absolute atomic E-state index is 7.01. The number of hydrogen-bond acceptors (Lipinski definition) is 5. The lowest BCUT2D eigenvalue weighted by molar-refractivity contribution is 0.664. The topological polar surface area (TPSA) is 63.0 Å². The van der Waals surface area contributed by atoms with Crippen LogP contribution in [0.15, 0.2) is 225 Å². The summed E-state index contributed by atoms with van der Waals surface area (Å²) < 4.78 is 13.5. The molecule has 0 spiro atoms. The van der Waals surface area contributed by atoms with Crippen LogP contribution in [0.5, 0.6) is 0 Å². The Morgan fingerprint density at radius 3 is 1.99 bits per heavy atom. The largest absolute Gasteiger partial charge is 0.456 e. The van der Waals surface area contributed by atoms with Crippen LogP contribution in [0, 0.1) is 0 Å². The summed E-state index contributed by atoms with van der Waals surface area (Å²) in [4.78, 5) is 11.1. The first-order chi connectivity index (χ1) is 33.2. The minimum atomic E-state index is -0.459. The monoisotopic (exact) mass is 859 g/mol. The molecule has 0 amide bonds. The molecule has 0 bridgehead atoms. The van der Waals surface area contributed by atoms with Crippen molar-refractivity contribution in [1.82, 2.24) is 5.32 Å². The summed E-state index contributed by atoms with van der Waals surface area (Å²) in [5, 5.41) is 12.9. The minimum absolute atomic E-state index is 0.0869. The van der Waals surface area contributed by atoms with Crippen molar-refractivity contribution < 1.29 is 8.83 Å². The second-order valence-electron chi connectivity index (χ2n) is 18.0. The number of aryl methyl sites for hydroxylation is 1. The normalized spacial score (nSPS) is 15.9. The van der Waals surface area contributed by atoms with Crippen molar-refractivity contribution in [3.05, 3.63) is 240 Å². The van der Waals surface area contributed by atoms with Gasteiger partial charge in [-0.3, -0.25) is 0 Å². The second kappa shape index (κ2) is 15.0. The molecule has 2 unspecified atom stereocenters. The molecule has 0 radical (unpaired) electrons. The highest BCUT2D eigenvalue weighted by Crippen LogP contribution is 2.45. The summed E-state index contributed by atoms with van der Waals surface area (Å²) in [6, 6.07) is 73.9. The summed E-state index contributed by atoms with van der Waals surface area (Å²) in [6.45, 7) is 0. The predicted octanol–water partition coefficient (Wildman–Crippen LogP) is 15.7. The van der Waals surface area contributed by atoms with Crippen LogP contribution >= 0.6 is 0 Å². The number of para-hydroxylation sites is 1. The van der Waals surface area contributed by atoms with E-state index in [1.54, 1.807) is 0 Å². The lowest BCUT2D eigenvalue weighted by Gasteiger charge is -2.26. The van der Waals surface area contributed by atoms with Gasteiger partial charge in [0.2, 0.25) is 0 Å². The first-order valence-corrected chi connectivity index (χ1v) is 23.2. The summed E-state index contributed by atoms with van der Waals surface area (Å²) in [6.07, 6.45) is 1.42. The van der Waals surface area contributed by atoms with Gasteiger partial charge < -0.3 is 14.2 Å². The number of aliphatic imine (C=N–C) groups is 2. The Kier molecular flexibility index (Phi) is 8.47. The molecular weight excluding hydrogens is 819 g/mol. The van der Waals surface area contributed by atoms with Crippen LogP contribution in [0.3, 0.4) is 0 Å². The van der Waals surface area contributed by atoms with Crippen molar-refractivity contribution in [2.24, 2.45) is 9.98 Å². The zero-order valence-electron chi connectivity index (χ0n) is 36.4. The molecule has 2 atom stereocenters. The molecule has 1 aliphatic carbocycles. The molecule has 0 saturated heterocycles. The van der Waals surface area contributed by atoms with Gasteiger partial charge in [0.25, 0.3) is 0 Å². The smallest absolute Gasteiger partial charge is 0.160 e. The fourth-order valence-electron chi connectivity index (χ4n) is 11.0. The zero-order chi connectivity index (χ0) is 44.0. The van der Waals surface area contributed by atoms with Gasteiger partial charge in [-0.25, -0.2) is 9.98 Å². The van der Waals surface area contributed by atoms with Crippen molar-refractivity contribution in [3.63, 3.8) is 0 Å².